The van der Waals surface area contributed by atoms with Crippen LogP contribution in [0.3, 0.4) is 0 Å². The molecule has 36 heavy (non-hydrogen) atoms. The molecule has 0 aromatic heterocycles. The van der Waals surface area contributed by atoms with E-state index in [0.29, 0.717) is 0 Å². The molecule has 0 amide bonds. The van der Waals surface area contributed by atoms with Gasteiger partial charge in [0.15, 0.2) is 0 Å². The molecule has 4 nitrogen and oxygen atoms in total. The lowest BCUT2D eigenvalue weighted by Crippen LogP contribution is -2.32. The van der Waals surface area contributed by atoms with Crippen molar-refractivity contribution in [2.45, 2.75) is 51.4 Å². The summed E-state index contributed by atoms with van der Waals surface area (Å²) in [4.78, 5) is 5.15. The first kappa shape index (κ1) is 31.5. The highest BCUT2D eigenvalue weighted by Gasteiger charge is 2.14. The van der Waals surface area contributed by atoms with E-state index in [1.807, 2.05) is 0 Å². The molecular formula is C28H38Br2Cl2N4. The number of likely N-dealkylation sites (tertiary alicyclic amines) is 2. The lowest BCUT2D eigenvalue weighted by atomic mass is 10.1. The van der Waals surface area contributed by atoms with Gasteiger partial charge in [-0.1, -0.05) is 69.0 Å². The highest BCUT2D eigenvalue weighted by Crippen LogP contribution is 2.17. The highest BCUT2D eigenvalue weighted by atomic mass is 79.9. The molecule has 0 saturated carbocycles. The van der Waals surface area contributed by atoms with E-state index in [1.165, 1.54) is 64.7 Å². The van der Waals surface area contributed by atoms with Crippen LogP contribution < -0.4 is 0 Å². The Morgan fingerprint density at radius 3 is 1.22 bits per heavy atom. The van der Waals surface area contributed by atoms with Crippen molar-refractivity contribution in [3.8, 4) is 0 Å². The Kier molecular flexibility index (Phi) is 14.8. The van der Waals surface area contributed by atoms with E-state index in [2.05, 4.69) is 90.2 Å². The minimum absolute atomic E-state index is 0. The van der Waals surface area contributed by atoms with Crippen molar-refractivity contribution in [3.63, 3.8) is 0 Å². The van der Waals surface area contributed by atoms with Crippen LogP contribution in [0.25, 0.3) is 0 Å². The summed E-state index contributed by atoms with van der Waals surface area (Å²) in [6.07, 6.45) is 9.82. The van der Waals surface area contributed by atoms with Gasteiger partial charge < -0.3 is 9.80 Å². The minimum Gasteiger partial charge on any atom is -0.303 e. The summed E-state index contributed by atoms with van der Waals surface area (Å²) in [5, 5.41) is 9.81. The summed E-state index contributed by atoms with van der Waals surface area (Å²) in [6.45, 7) is 6.92. The van der Waals surface area contributed by atoms with Crippen molar-refractivity contribution in [1.82, 2.24) is 9.80 Å². The second-order valence-electron chi connectivity index (χ2n) is 9.41. The summed E-state index contributed by atoms with van der Waals surface area (Å²) >= 11 is 7.14. The molecule has 8 heteroatoms. The molecule has 4 rings (SSSR count). The van der Waals surface area contributed by atoms with Crippen LogP contribution in [0.2, 0.25) is 0 Å². The Morgan fingerprint density at radius 2 is 0.889 bits per heavy atom. The fourth-order valence-corrected chi connectivity index (χ4v) is 5.33. The van der Waals surface area contributed by atoms with Gasteiger partial charge in [-0.15, -0.1) is 24.8 Å². The SMILES string of the molecule is Brc1ccc(/C(CCN2CCCCC2)=N\N=C(/CCN2CCCCC2)c2ccc(Br)cc2)cc1.Cl.Cl. The van der Waals surface area contributed by atoms with E-state index in [0.717, 1.165) is 57.4 Å². The normalized spacial score (nSPS) is 17.8. The number of nitrogens with zero attached hydrogens (tertiary/aromatic N) is 4. The topological polar surface area (TPSA) is 31.2 Å². The predicted octanol–water partition coefficient (Wildman–Crippen LogP) is 8.00. The molecule has 0 spiro atoms. The molecule has 2 aromatic carbocycles. The first-order chi connectivity index (χ1) is 16.7. The van der Waals surface area contributed by atoms with Crippen LogP contribution in [-0.4, -0.2) is 60.5 Å². The van der Waals surface area contributed by atoms with Crippen molar-refractivity contribution in [3.05, 3.63) is 68.6 Å². The maximum absolute atomic E-state index is 4.90. The third-order valence-corrected chi connectivity index (χ3v) is 7.93. The van der Waals surface area contributed by atoms with Gasteiger partial charge in [0.25, 0.3) is 0 Å². The molecule has 198 valence electrons. The van der Waals surface area contributed by atoms with Crippen LogP contribution in [0, 0.1) is 0 Å². The first-order valence-corrected chi connectivity index (χ1v) is 14.4. The van der Waals surface area contributed by atoms with E-state index < -0.39 is 0 Å². The molecule has 2 fully saturated rings. The van der Waals surface area contributed by atoms with Gasteiger partial charge in [-0.2, -0.15) is 10.2 Å². The molecule has 0 bridgehead atoms. The number of rotatable bonds is 9. The van der Waals surface area contributed by atoms with E-state index in [1.54, 1.807) is 0 Å². The molecule has 0 unspecified atom stereocenters. The summed E-state index contributed by atoms with van der Waals surface area (Å²) < 4.78 is 2.18. The van der Waals surface area contributed by atoms with E-state index in [-0.39, 0.29) is 24.8 Å². The standard InChI is InChI=1S/C28H36Br2N4.2ClH/c29-25-11-7-23(8-12-25)27(15-21-33-17-3-1-4-18-33)31-32-28(24-9-13-26(30)14-10-24)16-22-34-19-5-2-6-20-34;;/h7-14H,1-6,15-22H2;2*1H/b31-27-,32-28+;;. The van der Waals surface area contributed by atoms with Gasteiger partial charge in [0, 0.05) is 34.9 Å². The van der Waals surface area contributed by atoms with Gasteiger partial charge in [0.2, 0.25) is 0 Å². The van der Waals surface area contributed by atoms with Crippen LogP contribution >= 0.6 is 56.7 Å². The van der Waals surface area contributed by atoms with E-state index in [4.69, 9.17) is 10.2 Å². The zero-order valence-electron chi connectivity index (χ0n) is 20.9. The quantitative estimate of drug-likeness (QED) is 0.202. The fourth-order valence-electron chi connectivity index (χ4n) is 4.80. The largest absolute Gasteiger partial charge is 0.303 e. The smallest absolute Gasteiger partial charge is 0.0715 e. The van der Waals surface area contributed by atoms with Crippen molar-refractivity contribution in [1.29, 1.82) is 0 Å². The van der Waals surface area contributed by atoms with Crippen LogP contribution in [0.1, 0.15) is 62.5 Å². The van der Waals surface area contributed by atoms with Crippen molar-refractivity contribution >= 4 is 68.1 Å². The molecular weight excluding hydrogens is 623 g/mol. The van der Waals surface area contributed by atoms with Gasteiger partial charge >= 0.3 is 0 Å². The zero-order chi connectivity index (χ0) is 23.6. The molecule has 2 aromatic rings. The lowest BCUT2D eigenvalue weighted by Gasteiger charge is -2.26. The van der Waals surface area contributed by atoms with Gasteiger partial charge in [-0.3, -0.25) is 0 Å². The molecule has 0 aliphatic carbocycles. The third-order valence-electron chi connectivity index (χ3n) is 6.87. The van der Waals surface area contributed by atoms with Gasteiger partial charge in [0.05, 0.1) is 11.4 Å². The average Bonchev–Trinajstić information content (AvgIpc) is 2.88. The highest BCUT2D eigenvalue weighted by molar-refractivity contribution is 9.10. The van der Waals surface area contributed by atoms with Crippen LogP contribution in [0.15, 0.2) is 67.7 Å². The summed E-state index contributed by atoms with van der Waals surface area (Å²) in [7, 11) is 0. The molecule has 2 aliphatic rings. The number of hydrogen-bond donors (Lipinski definition) is 0. The van der Waals surface area contributed by atoms with Crippen LogP contribution in [0.4, 0.5) is 0 Å². The molecule has 0 N–H and O–H groups in total. The molecule has 0 radical (unpaired) electrons. The van der Waals surface area contributed by atoms with Crippen LogP contribution in [0.5, 0.6) is 0 Å². The summed E-state index contributed by atoms with van der Waals surface area (Å²) in [5.41, 5.74) is 4.47. The number of hydrogen-bond acceptors (Lipinski definition) is 4. The summed E-state index contributed by atoms with van der Waals surface area (Å²) in [6, 6.07) is 17.0. The number of benzene rings is 2. The average molecular weight is 661 g/mol. The van der Waals surface area contributed by atoms with E-state index in [9.17, 15) is 0 Å². The maximum Gasteiger partial charge on any atom is 0.0715 e. The van der Waals surface area contributed by atoms with Gasteiger partial charge in [-0.25, -0.2) is 0 Å². The Morgan fingerprint density at radius 1 is 0.556 bits per heavy atom. The third kappa shape index (κ3) is 10.2. The first-order valence-electron chi connectivity index (χ1n) is 12.8. The predicted molar refractivity (Wildman–Crippen MR) is 166 cm³/mol. The minimum atomic E-state index is 0. The van der Waals surface area contributed by atoms with Crippen molar-refractivity contribution < 1.29 is 0 Å². The maximum atomic E-state index is 4.90. The van der Waals surface area contributed by atoms with Crippen molar-refractivity contribution in [2.75, 3.05) is 39.3 Å². The Balaban J connectivity index is 0.00000228. The second-order valence-corrected chi connectivity index (χ2v) is 11.2. The molecule has 2 heterocycles. The molecule has 2 aliphatic heterocycles. The van der Waals surface area contributed by atoms with Gasteiger partial charge in [0.1, 0.15) is 0 Å². The number of piperidine rings is 2. The zero-order valence-corrected chi connectivity index (χ0v) is 25.7. The molecule has 2 saturated heterocycles. The van der Waals surface area contributed by atoms with Crippen LogP contribution in [-0.2, 0) is 0 Å². The van der Waals surface area contributed by atoms with Gasteiger partial charge in [-0.05, 0) is 87.3 Å². The lowest BCUT2D eigenvalue weighted by molar-refractivity contribution is 0.235. The Bertz CT molecular complexity index is 873. The second kappa shape index (κ2) is 17.0. The Labute approximate surface area is 246 Å². The Hall–Kier alpha value is -0.760. The monoisotopic (exact) mass is 658 g/mol. The van der Waals surface area contributed by atoms with E-state index >= 15 is 0 Å². The summed E-state index contributed by atoms with van der Waals surface area (Å²) in [5.74, 6) is 0. The molecule has 0 atom stereocenters. The number of halogens is 4. The fraction of sp³-hybridized carbons (Fsp3) is 0.500. The van der Waals surface area contributed by atoms with Crippen molar-refractivity contribution in [2.24, 2.45) is 10.2 Å².